The van der Waals surface area contributed by atoms with Crippen LogP contribution in [0.25, 0.3) is 0 Å². The summed E-state index contributed by atoms with van der Waals surface area (Å²) >= 11 is 3.38. The summed E-state index contributed by atoms with van der Waals surface area (Å²) in [4.78, 5) is 0. The summed E-state index contributed by atoms with van der Waals surface area (Å²) in [6, 6.07) is 12.4. The van der Waals surface area contributed by atoms with Crippen LogP contribution in [0.2, 0.25) is 0 Å². The van der Waals surface area contributed by atoms with Crippen molar-refractivity contribution in [2.75, 3.05) is 0 Å². The highest BCUT2D eigenvalue weighted by molar-refractivity contribution is 9.10. The number of hydrogen-bond donors (Lipinski definition) is 3. The first kappa shape index (κ1) is 15.5. The number of hydrogen-bond acceptors (Lipinski definition) is 3. The van der Waals surface area contributed by atoms with Crippen molar-refractivity contribution < 1.29 is 9.60 Å². The maximum atomic E-state index is 13.9. The monoisotopic (exact) mass is 351 g/mol. The van der Waals surface area contributed by atoms with Gasteiger partial charge in [-0.05, 0) is 23.8 Å². The SMILES string of the molecule is NC(=NO)c1ccc(CNCc2ccc(Br)cc2)c(F)c1. The molecule has 110 valence electrons. The largest absolute Gasteiger partial charge is 0.409 e. The lowest BCUT2D eigenvalue weighted by atomic mass is 10.1. The summed E-state index contributed by atoms with van der Waals surface area (Å²) in [5, 5.41) is 14.6. The molecule has 0 saturated carbocycles. The van der Waals surface area contributed by atoms with E-state index in [4.69, 9.17) is 10.9 Å². The average Bonchev–Trinajstić information content (AvgIpc) is 2.50. The number of rotatable bonds is 5. The van der Waals surface area contributed by atoms with Crippen LogP contribution in [0.3, 0.4) is 0 Å². The van der Waals surface area contributed by atoms with Crippen LogP contribution in [0.5, 0.6) is 0 Å². The van der Waals surface area contributed by atoms with E-state index in [-0.39, 0.29) is 11.7 Å². The van der Waals surface area contributed by atoms with Crippen molar-refractivity contribution >= 4 is 21.8 Å². The van der Waals surface area contributed by atoms with Gasteiger partial charge in [0.25, 0.3) is 0 Å². The molecule has 0 aliphatic heterocycles. The van der Waals surface area contributed by atoms with Gasteiger partial charge in [-0.2, -0.15) is 0 Å². The molecule has 2 aromatic rings. The molecule has 21 heavy (non-hydrogen) atoms. The fourth-order valence-electron chi connectivity index (χ4n) is 1.85. The fraction of sp³-hybridized carbons (Fsp3) is 0.133. The minimum atomic E-state index is -0.387. The summed E-state index contributed by atoms with van der Waals surface area (Å²) in [6.07, 6.45) is 0. The Bertz CT molecular complexity index is 644. The molecule has 4 N–H and O–H groups in total. The predicted molar refractivity (Wildman–Crippen MR) is 83.6 cm³/mol. The molecule has 0 bridgehead atoms. The maximum absolute atomic E-state index is 13.9. The van der Waals surface area contributed by atoms with E-state index < -0.39 is 0 Å². The van der Waals surface area contributed by atoms with Crippen LogP contribution in [0.4, 0.5) is 4.39 Å². The predicted octanol–water partition coefficient (Wildman–Crippen LogP) is 2.97. The number of amidine groups is 1. The Morgan fingerprint density at radius 1 is 1.19 bits per heavy atom. The molecule has 0 aromatic heterocycles. The molecule has 0 amide bonds. The van der Waals surface area contributed by atoms with Crippen LogP contribution in [0.1, 0.15) is 16.7 Å². The molecule has 2 aromatic carbocycles. The molecule has 0 aliphatic rings. The van der Waals surface area contributed by atoms with Crippen molar-refractivity contribution in [2.24, 2.45) is 10.9 Å². The molecule has 0 fully saturated rings. The molecule has 0 saturated heterocycles. The number of halogens is 2. The van der Waals surface area contributed by atoms with Gasteiger partial charge in [0.1, 0.15) is 5.82 Å². The molecule has 0 unspecified atom stereocenters. The number of nitrogens with two attached hydrogens (primary N) is 1. The standard InChI is InChI=1S/C15H15BrFN3O/c16-13-5-1-10(2-6-13)8-19-9-12-4-3-11(7-14(12)17)15(18)20-21/h1-7,19,21H,8-9H2,(H2,18,20). The molecule has 2 rings (SSSR count). The third-order valence-corrected chi connectivity index (χ3v) is 3.54. The van der Waals surface area contributed by atoms with Gasteiger partial charge in [-0.3, -0.25) is 0 Å². The molecule has 0 atom stereocenters. The first-order valence-corrected chi connectivity index (χ1v) is 7.11. The van der Waals surface area contributed by atoms with E-state index in [1.54, 1.807) is 12.1 Å². The quantitative estimate of drug-likeness (QED) is 0.335. The minimum absolute atomic E-state index is 0.108. The van der Waals surface area contributed by atoms with Gasteiger partial charge < -0.3 is 16.3 Å². The Labute approximate surface area is 130 Å². The summed E-state index contributed by atoms with van der Waals surface area (Å²) < 4.78 is 14.9. The Morgan fingerprint density at radius 2 is 1.90 bits per heavy atom. The number of nitrogens with zero attached hydrogens (tertiary/aromatic N) is 1. The van der Waals surface area contributed by atoms with Crippen molar-refractivity contribution in [3.05, 3.63) is 69.4 Å². The van der Waals surface area contributed by atoms with E-state index in [0.29, 0.717) is 24.2 Å². The van der Waals surface area contributed by atoms with Gasteiger partial charge in [0, 0.05) is 28.7 Å². The van der Waals surface area contributed by atoms with Gasteiger partial charge in [0.2, 0.25) is 0 Å². The van der Waals surface area contributed by atoms with Crippen molar-refractivity contribution in [3.8, 4) is 0 Å². The molecule has 0 radical (unpaired) electrons. The highest BCUT2D eigenvalue weighted by Gasteiger charge is 2.06. The van der Waals surface area contributed by atoms with Gasteiger partial charge >= 0.3 is 0 Å². The van der Waals surface area contributed by atoms with Crippen molar-refractivity contribution in [1.29, 1.82) is 0 Å². The van der Waals surface area contributed by atoms with E-state index in [1.165, 1.54) is 6.07 Å². The molecular weight excluding hydrogens is 337 g/mol. The number of benzene rings is 2. The van der Waals surface area contributed by atoms with Gasteiger partial charge in [-0.15, -0.1) is 0 Å². The molecule has 0 spiro atoms. The first-order valence-electron chi connectivity index (χ1n) is 6.31. The highest BCUT2D eigenvalue weighted by atomic mass is 79.9. The maximum Gasteiger partial charge on any atom is 0.170 e. The van der Waals surface area contributed by atoms with E-state index in [9.17, 15) is 4.39 Å². The van der Waals surface area contributed by atoms with Crippen LogP contribution in [-0.4, -0.2) is 11.0 Å². The van der Waals surface area contributed by atoms with Crippen LogP contribution in [0.15, 0.2) is 52.1 Å². The van der Waals surface area contributed by atoms with Crippen LogP contribution in [0, 0.1) is 5.82 Å². The molecular formula is C15H15BrFN3O. The lowest BCUT2D eigenvalue weighted by Gasteiger charge is -2.08. The summed E-state index contributed by atoms with van der Waals surface area (Å²) in [5.74, 6) is -0.495. The Kier molecular flexibility index (Phi) is 5.30. The van der Waals surface area contributed by atoms with Crippen LogP contribution >= 0.6 is 15.9 Å². The number of oxime groups is 1. The molecule has 0 aliphatic carbocycles. The fourth-order valence-corrected chi connectivity index (χ4v) is 2.12. The smallest absolute Gasteiger partial charge is 0.170 e. The van der Waals surface area contributed by atoms with E-state index >= 15 is 0 Å². The lowest BCUT2D eigenvalue weighted by molar-refractivity contribution is 0.318. The van der Waals surface area contributed by atoms with Gasteiger partial charge in [0.05, 0.1) is 0 Å². The Morgan fingerprint density at radius 3 is 2.52 bits per heavy atom. The summed E-state index contributed by atoms with van der Waals surface area (Å²) in [5.41, 5.74) is 7.42. The second-order valence-electron chi connectivity index (χ2n) is 4.52. The summed E-state index contributed by atoms with van der Waals surface area (Å²) in [6.45, 7) is 1.05. The number of nitrogens with one attached hydrogen (secondary N) is 1. The van der Waals surface area contributed by atoms with Gasteiger partial charge in [-0.1, -0.05) is 45.4 Å². The topological polar surface area (TPSA) is 70.6 Å². The van der Waals surface area contributed by atoms with Crippen molar-refractivity contribution in [1.82, 2.24) is 5.32 Å². The molecule has 0 heterocycles. The van der Waals surface area contributed by atoms with Gasteiger partial charge in [0.15, 0.2) is 5.84 Å². The Hall–Kier alpha value is -1.92. The summed E-state index contributed by atoms with van der Waals surface area (Å²) in [7, 11) is 0. The normalized spacial score (nSPS) is 11.6. The minimum Gasteiger partial charge on any atom is -0.409 e. The third-order valence-electron chi connectivity index (χ3n) is 3.01. The van der Waals surface area contributed by atoms with Crippen molar-refractivity contribution in [2.45, 2.75) is 13.1 Å². The third kappa shape index (κ3) is 4.27. The zero-order valence-electron chi connectivity index (χ0n) is 11.2. The van der Waals surface area contributed by atoms with Crippen LogP contribution < -0.4 is 11.1 Å². The second kappa shape index (κ2) is 7.19. The van der Waals surface area contributed by atoms with E-state index in [1.807, 2.05) is 24.3 Å². The Balaban J connectivity index is 1.96. The zero-order valence-corrected chi connectivity index (χ0v) is 12.8. The molecule has 6 heteroatoms. The van der Waals surface area contributed by atoms with Gasteiger partial charge in [-0.25, -0.2) is 4.39 Å². The molecule has 4 nitrogen and oxygen atoms in total. The van der Waals surface area contributed by atoms with Crippen LogP contribution in [-0.2, 0) is 13.1 Å². The van der Waals surface area contributed by atoms with E-state index in [0.717, 1.165) is 10.0 Å². The highest BCUT2D eigenvalue weighted by Crippen LogP contribution is 2.12. The first-order chi connectivity index (χ1) is 10.1. The lowest BCUT2D eigenvalue weighted by Crippen LogP contribution is -2.16. The van der Waals surface area contributed by atoms with E-state index in [2.05, 4.69) is 26.4 Å². The average molecular weight is 352 g/mol. The zero-order chi connectivity index (χ0) is 15.2. The van der Waals surface area contributed by atoms with Crippen molar-refractivity contribution in [3.63, 3.8) is 0 Å². The second-order valence-corrected chi connectivity index (χ2v) is 5.44.